The number of rotatable bonds is 11. The van der Waals surface area contributed by atoms with Gasteiger partial charge in [0.15, 0.2) is 5.78 Å². The fourth-order valence-corrected chi connectivity index (χ4v) is 5.55. The number of hydrogen-bond acceptors (Lipinski definition) is 4. The van der Waals surface area contributed by atoms with Crippen LogP contribution >= 0.6 is 0 Å². The predicted molar refractivity (Wildman–Crippen MR) is 168 cm³/mol. The van der Waals surface area contributed by atoms with Crippen molar-refractivity contribution in [2.24, 2.45) is 0 Å². The van der Waals surface area contributed by atoms with Crippen LogP contribution in [0.1, 0.15) is 58.9 Å². The maximum absolute atomic E-state index is 13.1. The molecule has 0 radical (unpaired) electrons. The largest absolute Gasteiger partial charge is 0.466 e. The number of carbonyl (C=O) groups is 2. The van der Waals surface area contributed by atoms with Crippen LogP contribution in [0, 0.1) is 0 Å². The summed E-state index contributed by atoms with van der Waals surface area (Å²) in [5.41, 5.74) is 6.06. The number of ketones is 1. The van der Waals surface area contributed by atoms with E-state index in [1.54, 1.807) is 6.92 Å². The highest BCUT2D eigenvalue weighted by Gasteiger charge is 2.39. The summed E-state index contributed by atoms with van der Waals surface area (Å²) in [6, 6.07) is 46.5. The normalized spacial score (nSPS) is 12.0. The zero-order chi connectivity index (χ0) is 29.4. The number of esters is 1. The Morgan fingerprint density at radius 1 is 0.667 bits per heavy atom. The summed E-state index contributed by atoms with van der Waals surface area (Å²) >= 11 is 0. The molecule has 5 rings (SSSR count). The summed E-state index contributed by atoms with van der Waals surface area (Å²) in [4.78, 5) is 24.9. The molecular weight excluding hydrogens is 518 g/mol. The minimum atomic E-state index is -0.764. The second-order valence-electron chi connectivity index (χ2n) is 10.3. The minimum Gasteiger partial charge on any atom is -0.466 e. The van der Waals surface area contributed by atoms with Crippen molar-refractivity contribution in [3.63, 3.8) is 0 Å². The number of benzene rings is 5. The maximum Gasteiger partial charge on any atom is 0.307 e. The molecular formula is C38H35NO3. The highest BCUT2D eigenvalue weighted by Crippen LogP contribution is 2.40. The van der Waals surface area contributed by atoms with Gasteiger partial charge < -0.3 is 4.74 Å². The first-order chi connectivity index (χ1) is 20.5. The summed E-state index contributed by atoms with van der Waals surface area (Å²) in [5, 5.41) is 3.98. The molecule has 1 unspecified atom stereocenters. The highest BCUT2D eigenvalue weighted by atomic mass is 16.5. The van der Waals surface area contributed by atoms with Crippen LogP contribution in [0.3, 0.4) is 0 Å². The average Bonchev–Trinajstić information content (AvgIpc) is 3.04. The van der Waals surface area contributed by atoms with Crippen LogP contribution in [-0.4, -0.2) is 18.4 Å². The van der Waals surface area contributed by atoms with Crippen molar-refractivity contribution >= 4 is 11.8 Å². The topological polar surface area (TPSA) is 55.4 Å². The van der Waals surface area contributed by atoms with Crippen LogP contribution in [0.25, 0.3) is 11.1 Å². The Morgan fingerprint density at radius 2 is 1.19 bits per heavy atom. The van der Waals surface area contributed by atoms with E-state index in [-0.39, 0.29) is 24.2 Å². The van der Waals surface area contributed by atoms with Crippen molar-refractivity contribution < 1.29 is 14.3 Å². The van der Waals surface area contributed by atoms with Crippen molar-refractivity contribution in [2.75, 3.05) is 6.61 Å². The molecule has 1 atom stereocenters. The van der Waals surface area contributed by atoms with Gasteiger partial charge in [-0.3, -0.25) is 14.9 Å². The lowest BCUT2D eigenvalue weighted by Gasteiger charge is -2.40. The number of Topliss-reactive ketones (excluding diaryl/α,β-unsaturated/α-hetero) is 1. The Labute approximate surface area is 248 Å². The molecule has 5 aromatic rings. The molecule has 0 aliphatic heterocycles. The van der Waals surface area contributed by atoms with Crippen molar-refractivity contribution in [1.29, 1.82) is 0 Å². The first-order valence-corrected chi connectivity index (χ1v) is 14.3. The lowest BCUT2D eigenvalue weighted by atomic mass is 9.76. The third kappa shape index (κ3) is 6.24. The molecule has 210 valence electrons. The van der Waals surface area contributed by atoms with Crippen molar-refractivity contribution in [1.82, 2.24) is 5.32 Å². The van der Waals surface area contributed by atoms with E-state index >= 15 is 0 Å². The second-order valence-corrected chi connectivity index (χ2v) is 10.3. The van der Waals surface area contributed by atoms with Gasteiger partial charge in [-0.1, -0.05) is 133 Å². The van der Waals surface area contributed by atoms with Gasteiger partial charge in [0.2, 0.25) is 0 Å². The van der Waals surface area contributed by atoms with Gasteiger partial charge in [-0.2, -0.15) is 0 Å². The number of ether oxygens (including phenoxy) is 1. The number of carbonyl (C=O) groups excluding carboxylic acids is 2. The SMILES string of the molecule is CCOC(=O)CC(NC(c1ccccc1)(c1ccccc1)c1ccccc1)c1cccc(-c2ccc(C(C)=O)cc2)c1. The quantitative estimate of drug-likeness (QED) is 0.102. The molecule has 5 aromatic carbocycles. The standard InChI is InChI=1S/C38H35NO3/c1-3-42-37(41)27-36(32-15-13-14-31(26-32)30-24-22-29(23-25-30)28(2)40)39-38(33-16-7-4-8-17-33,34-18-9-5-10-19-34)35-20-11-6-12-21-35/h4-26,36,39H,3,27H2,1-2H3. The van der Waals surface area contributed by atoms with Crippen molar-refractivity contribution in [2.45, 2.75) is 31.8 Å². The van der Waals surface area contributed by atoms with E-state index in [1.807, 2.05) is 97.9 Å². The molecule has 4 nitrogen and oxygen atoms in total. The lowest BCUT2D eigenvalue weighted by Crippen LogP contribution is -2.47. The second kappa shape index (κ2) is 13.2. The molecule has 0 saturated carbocycles. The molecule has 0 bridgehead atoms. The van der Waals surface area contributed by atoms with E-state index in [2.05, 4.69) is 53.8 Å². The Bertz CT molecular complexity index is 1520. The monoisotopic (exact) mass is 553 g/mol. The number of hydrogen-bond donors (Lipinski definition) is 1. The smallest absolute Gasteiger partial charge is 0.307 e. The zero-order valence-electron chi connectivity index (χ0n) is 24.0. The first kappa shape index (κ1) is 28.7. The molecule has 0 fully saturated rings. The molecule has 4 heteroatoms. The van der Waals surface area contributed by atoms with Crippen LogP contribution in [0.2, 0.25) is 0 Å². The molecule has 42 heavy (non-hydrogen) atoms. The fraction of sp³-hybridized carbons (Fsp3) is 0.158. The van der Waals surface area contributed by atoms with Gasteiger partial charge >= 0.3 is 5.97 Å². The van der Waals surface area contributed by atoms with E-state index in [1.165, 1.54) is 0 Å². The van der Waals surface area contributed by atoms with Gasteiger partial charge in [-0.25, -0.2) is 0 Å². The Kier molecular flexibility index (Phi) is 9.05. The molecule has 1 N–H and O–H groups in total. The predicted octanol–water partition coefficient (Wildman–Crippen LogP) is 8.13. The van der Waals surface area contributed by atoms with Gasteiger partial charge in [-0.15, -0.1) is 0 Å². The molecule has 0 amide bonds. The van der Waals surface area contributed by atoms with Gasteiger partial charge in [0.05, 0.1) is 18.6 Å². The Balaban J connectivity index is 1.67. The third-order valence-corrected chi connectivity index (χ3v) is 7.60. The van der Waals surface area contributed by atoms with Crippen LogP contribution < -0.4 is 5.32 Å². The zero-order valence-corrected chi connectivity index (χ0v) is 24.0. The van der Waals surface area contributed by atoms with Crippen LogP contribution in [0.5, 0.6) is 0 Å². The van der Waals surface area contributed by atoms with E-state index < -0.39 is 5.54 Å². The minimum absolute atomic E-state index is 0.0353. The Hall–Kier alpha value is -4.80. The fourth-order valence-electron chi connectivity index (χ4n) is 5.55. The molecule has 0 spiro atoms. The lowest BCUT2D eigenvalue weighted by molar-refractivity contribution is -0.143. The summed E-state index contributed by atoms with van der Waals surface area (Å²) < 4.78 is 5.47. The highest BCUT2D eigenvalue weighted by molar-refractivity contribution is 5.94. The summed E-state index contributed by atoms with van der Waals surface area (Å²) in [5.74, 6) is -0.234. The molecule has 0 aromatic heterocycles. The molecule has 0 heterocycles. The maximum atomic E-state index is 13.1. The van der Waals surface area contributed by atoms with Crippen LogP contribution in [0.4, 0.5) is 0 Å². The summed E-state index contributed by atoms with van der Waals surface area (Å²) in [6.07, 6.45) is 0.148. The third-order valence-electron chi connectivity index (χ3n) is 7.60. The van der Waals surface area contributed by atoms with Crippen molar-refractivity contribution in [3.8, 4) is 11.1 Å². The average molecular weight is 554 g/mol. The van der Waals surface area contributed by atoms with E-state index in [9.17, 15) is 9.59 Å². The van der Waals surface area contributed by atoms with E-state index in [0.717, 1.165) is 33.4 Å². The van der Waals surface area contributed by atoms with E-state index in [4.69, 9.17) is 4.74 Å². The first-order valence-electron chi connectivity index (χ1n) is 14.3. The summed E-state index contributed by atoms with van der Waals surface area (Å²) in [6.45, 7) is 3.71. The van der Waals surface area contributed by atoms with Crippen LogP contribution in [0.15, 0.2) is 140 Å². The summed E-state index contributed by atoms with van der Waals surface area (Å²) in [7, 11) is 0. The van der Waals surface area contributed by atoms with Gasteiger partial charge in [0.1, 0.15) is 0 Å². The molecule has 0 aliphatic carbocycles. The molecule has 0 aliphatic rings. The Morgan fingerprint density at radius 3 is 1.67 bits per heavy atom. The van der Waals surface area contributed by atoms with Gasteiger partial charge in [0.25, 0.3) is 0 Å². The molecule has 0 saturated heterocycles. The van der Waals surface area contributed by atoms with E-state index in [0.29, 0.717) is 12.2 Å². The number of nitrogens with one attached hydrogen (secondary N) is 1. The van der Waals surface area contributed by atoms with Gasteiger partial charge in [0, 0.05) is 11.6 Å². The van der Waals surface area contributed by atoms with Gasteiger partial charge in [-0.05, 0) is 53.3 Å². The van der Waals surface area contributed by atoms with Crippen LogP contribution in [-0.2, 0) is 15.1 Å². The van der Waals surface area contributed by atoms with Crippen molar-refractivity contribution in [3.05, 3.63) is 167 Å².